The van der Waals surface area contributed by atoms with Crippen LogP contribution in [0.3, 0.4) is 0 Å². The molecule has 0 bridgehead atoms. The van der Waals surface area contributed by atoms with E-state index in [1.807, 2.05) is 20.8 Å². The van der Waals surface area contributed by atoms with Crippen LogP contribution in [-0.2, 0) is 9.59 Å². The van der Waals surface area contributed by atoms with E-state index in [0.29, 0.717) is 28.9 Å². The minimum atomic E-state index is -0.216. The van der Waals surface area contributed by atoms with Crippen LogP contribution in [0.4, 0.5) is 0 Å². The van der Waals surface area contributed by atoms with Crippen molar-refractivity contribution >= 4 is 46.8 Å². The quantitative estimate of drug-likeness (QED) is 0.750. The van der Waals surface area contributed by atoms with E-state index in [9.17, 15) is 9.59 Å². The van der Waals surface area contributed by atoms with E-state index in [-0.39, 0.29) is 23.6 Å². The van der Waals surface area contributed by atoms with Gasteiger partial charge < -0.3 is 10.2 Å². The molecule has 0 heterocycles. The number of nitrogens with one attached hydrogen (secondary N) is 1. The number of hydrogen-bond acceptors (Lipinski definition) is 3. The molecule has 0 saturated carbocycles. The Morgan fingerprint density at radius 2 is 1.87 bits per heavy atom. The number of carbonyl (C=O) groups excluding carboxylic acids is 2. The summed E-state index contributed by atoms with van der Waals surface area (Å²) in [4.78, 5) is 25.6. The maximum atomic E-state index is 12.0. The zero-order valence-electron chi connectivity index (χ0n) is 13.6. The highest BCUT2D eigenvalue weighted by Gasteiger charge is 2.14. The van der Waals surface area contributed by atoms with E-state index in [0.717, 1.165) is 5.56 Å². The van der Waals surface area contributed by atoms with Crippen LogP contribution in [0.25, 0.3) is 0 Å². The van der Waals surface area contributed by atoms with Crippen LogP contribution >= 0.6 is 35.0 Å². The third-order valence-corrected chi connectivity index (χ3v) is 4.86. The van der Waals surface area contributed by atoms with Crippen LogP contribution in [0.5, 0.6) is 0 Å². The van der Waals surface area contributed by atoms with Crippen LogP contribution in [0.2, 0.25) is 10.0 Å². The van der Waals surface area contributed by atoms with E-state index in [4.69, 9.17) is 23.2 Å². The molecule has 1 aromatic carbocycles. The molecule has 0 aliphatic rings. The largest absolute Gasteiger partial charge is 0.349 e. The molecule has 1 rings (SSSR count). The van der Waals surface area contributed by atoms with Crippen molar-refractivity contribution in [3.05, 3.63) is 33.8 Å². The molecule has 128 valence electrons. The number of hydrogen-bond donors (Lipinski definition) is 1. The van der Waals surface area contributed by atoms with E-state index in [2.05, 4.69) is 5.32 Å². The molecule has 0 fully saturated rings. The van der Waals surface area contributed by atoms with Gasteiger partial charge in [-0.15, -0.1) is 11.8 Å². The SMILES string of the molecule is CCN(CC)C(=O)CSCC(=O)NC(C)c1ccc(Cl)cc1Cl. The van der Waals surface area contributed by atoms with Crippen LogP contribution in [-0.4, -0.2) is 41.3 Å². The summed E-state index contributed by atoms with van der Waals surface area (Å²) >= 11 is 13.3. The Bertz CT molecular complexity index is 551. The Kier molecular flexibility index (Phi) is 8.81. The summed E-state index contributed by atoms with van der Waals surface area (Å²) in [6.45, 7) is 7.12. The molecule has 0 aromatic heterocycles. The molecule has 1 atom stereocenters. The summed E-state index contributed by atoms with van der Waals surface area (Å²) in [5.74, 6) is 0.482. The molecule has 23 heavy (non-hydrogen) atoms. The van der Waals surface area contributed by atoms with Crippen LogP contribution in [0.1, 0.15) is 32.4 Å². The average molecular weight is 377 g/mol. The number of thioether (sulfide) groups is 1. The molecule has 0 radical (unpaired) electrons. The second-order valence-electron chi connectivity index (χ2n) is 5.01. The van der Waals surface area contributed by atoms with Crippen LogP contribution in [0.15, 0.2) is 18.2 Å². The lowest BCUT2D eigenvalue weighted by molar-refractivity contribution is -0.127. The normalized spacial score (nSPS) is 11.9. The zero-order chi connectivity index (χ0) is 17.4. The molecule has 2 amide bonds. The van der Waals surface area contributed by atoms with Crippen LogP contribution < -0.4 is 5.32 Å². The summed E-state index contributed by atoms with van der Waals surface area (Å²) in [7, 11) is 0. The van der Waals surface area contributed by atoms with Gasteiger partial charge in [-0.3, -0.25) is 9.59 Å². The molecule has 0 spiro atoms. The van der Waals surface area contributed by atoms with E-state index < -0.39 is 0 Å². The summed E-state index contributed by atoms with van der Waals surface area (Å²) in [6.07, 6.45) is 0. The van der Waals surface area contributed by atoms with Crippen molar-refractivity contribution in [2.45, 2.75) is 26.8 Å². The molecule has 7 heteroatoms. The second-order valence-corrected chi connectivity index (χ2v) is 6.84. The number of nitrogens with zero attached hydrogens (tertiary/aromatic N) is 1. The first kappa shape index (κ1) is 20.1. The van der Waals surface area contributed by atoms with Crippen molar-refractivity contribution in [1.82, 2.24) is 10.2 Å². The fourth-order valence-electron chi connectivity index (χ4n) is 2.11. The monoisotopic (exact) mass is 376 g/mol. The average Bonchev–Trinajstić information content (AvgIpc) is 2.48. The predicted molar refractivity (Wildman–Crippen MR) is 98.3 cm³/mol. The Morgan fingerprint density at radius 1 is 1.22 bits per heavy atom. The Morgan fingerprint density at radius 3 is 2.43 bits per heavy atom. The third-order valence-electron chi connectivity index (χ3n) is 3.38. The smallest absolute Gasteiger partial charge is 0.232 e. The summed E-state index contributed by atoms with van der Waals surface area (Å²) in [5, 5.41) is 3.96. The first-order valence-electron chi connectivity index (χ1n) is 7.48. The first-order chi connectivity index (χ1) is 10.9. The maximum absolute atomic E-state index is 12.0. The Labute approximate surface area is 151 Å². The molecule has 0 aliphatic heterocycles. The topological polar surface area (TPSA) is 49.4 Å². The van der Waals surface area contributed by atoms with Crippen LogP contribution in [0, 0.1) is 0 Å². The second kappa shape index (κ2) is 10.1. The zero-order valence-corrected chi connectivity index (χ0v) is 15.9. The van der Waals surface area contributed by atoms with Gasteiger partial charge in [0, 0.05) is 23.1 Å². The van der Waals surface area contributed by atoms with Gasteiger partial charge in [0.25, 0.3) is 0 Å². The molecule has 1 aromatic rings. The van der Waals surface area contributed by atoms with Crippen molar-refractivity contribution in [3.8, 4) is 0 Å². The molecule has 0 saturated heterocycles. The third kappa shape index (κ3) is 6.61. The standard InChI is InChI=1S/C16H22Cl2N2O2S/c1-4-20(5-2)16(22)10-23-9-15(21)19-11(3)13-7-6-12(17)8-14(13)18/h6-8,11H,4-5,9-10H2,1-3H3,(H,19,21). The highest BCUT2D eigenvalue weighted by molar-refractivity contribution is 8.00. The van der Waals surface area contributed by atoms with Crippen molar-refractivity contribution < 1.29 is 9.59 Å². The van der Waals surface area contributed by atoms with Crippen molar-refractivity contribution in [3.63, 3.8) is 0 Å². The van der Waals surface area contributed by atoms with Gasteiger partial charge in [-0.1, -0.05) is 29.3 Å². The number of amides is 2. The molecule has 0 aliphatic carbocycles. The van der Waals surface area contributed by atoms with Gasteiger partial charge in [-0.2, -0.15) is 0 Å². The van der Waals surface area contributed by atoms with Gasteiger partial charge in [0.2, 0.25) is 11.8 Å². The number of benzene rings is 1. The lowest BCUT2D eigenvalue weighted by atomic mass is 10.1. The van der Waals surface area contributed by atoms with Gasteiger partial charge >= 0.3 is 0 Å². The van der Waals surface area contributed by atoms with E-state index >= 15 is 0 Å². The highest BCUT2D eigenvalue weighted by Crippen LogP contribution is 2.26. The summed E-state index contributed by atoms with van der Waals surface area (Å²) in [5.41, 5.74) is 0.814. The molecular formula is C16H22Cl2N2O2S. The Hall–Kier alpha value is -0.910. The predicted octanol–water partition coefficient (Wildman–Crippen LogP) is 3.77. The molecule has 4 nitrogen and oxygen atoms in total. The van der Waals surface area contributed by atoms with E-state index in [1.165, 1.54) is 11.8 Å². The highest BCUT2D eigenvalue weighted by atomic mass is 35.5. The number of halogens is 2. The fraction of sp³-hybridized carbons (Fsp3) is 0.500. The lowest BCUT2D eigenvalue weighted by Gasteiger charge is -2.18. The lowest BCUT2D eigenvalue weighted by Crippen LogP contribution is -2.33. The maximum Gasteiger partial charge on any atom is 0.232 e. The summed E-state index contributed by atoms with van der Waals surface area (Å²) in [6, 6.07) is 4.97. The van der Waals surface area contributed by atoms with Gasteiger partial charge in [0.1, 0.15) is 0 Å². The van der Waals surface area contributed by atoms with Crippen molar-refractivity contribution in [1.29, 1.82) is 0 Å². The first-order valence-corrected chi connectivity index (χ1v) is 9.39. The Balaban J connectivity index is 2.43. The minimum Gasteiger partial charge on any atom is -0.349 e. The van der Waals surface area contributed by atoms with Gasteiger partial charge in [-0.05, 0) is 38.5 Å². The van der Waals surface area contributed by atoms with Gasteiger partial charge in [0.15, 0.2) is 0 Å². The van der Waals surface area contributed by atoms with Gasteiger partial charge in [-0.25, -0.2) is 0 Å². The molecular weight excluding hydrogens is 355 g/mol. The number of rotatable bonds is 8. The van der Waals surface area contributed by atoms with Crippen molar-refractivity contribution in [2.24, 2.45) is 0 Å². The van der Waals surface area contributed by atoms with Crippen molar-refractivity contribution in [2.75, 3.05) is 24.6 Å². The summed E-state index contributed by atoms with van der Waals surface area (Å²) < 4.78 is 0. The minimum absolute atomic E-state index is 0.0570. The molecule has 1 N–H and O–H groups in total. The fourth-order valence-corrected chi connectivity index (χ4v) is 3.41. The number of carbonyl (C=O) groups is 2. The van der Waals surface area contributed by atoms with E-state index in [1.54, 1.807) is 23.1 Å². The van der Waals surface area contributed by atoms with Gasteiger partial charge in [0.05, 0.1) is 17.5 Å². The molecule has 1 unspecified atom stereocenters.